The van der Waals surface area contributed by atoms with Gasteiger partial charge < -0.3 is 15.2 Å². The number of fused-ring (bicyclic) bond motifs is 1. The molecule has 4 N–H and O–H groups in total. The summed E-state index contributed by atoms with van der Waals surface area (Å²) < 4.78 is 18.8. The van der Waals surface area contributed by atoms with Crippen LogP contribution in [0.3, 0.4) is 0 Å². The van der Waals surface area contributed by atoms with Gasteiger partial charge in [0.1, 0.15) is 46.4 Å². The molecule has 0 amide bonds. The van der Waals surface area contributed by atoms with E-state index in [-0.39, 0.29) is 19.3 Å². The van der Waals surface area contributed by atoms with E-state index in [1.54, 1.807) is 12.1 Å². The average molecular weight is 397 g/mol. The van der Waals surface area contributed by atoms with Gasteiger partial charge in [-0.2, -0.15) is 10.2 Å². The van der Waals surface area contributed by atoms with E-state index < -0.39 is 5.82 Å². The van der Waals surface area contributed by atoms with Crippen molar-refractivity contribution in [1.82, 2.24) is 30.4 Å². The number of nitrogens with one attached hydrogen (secondary N) is 3. The molecular formula is C19H20FN7O2. The van der Waals surface area contributed by atoms with Crippen molar-refractivity contribution in [3.8, 4) is 17.1 Å². The van der Waals surface area contributed by atoms with Gasteiger partial charge in [-0.3, -0.25) is 15.2 Å². The van der Waals surface area contributed by atoms with Crippen molar-refractivity contribution in [3.63, 3.8) is 0 Å². The highest BCUT2D eigenvalue weighted by Crippen LogP contribution is 2.32. The lowest BCUT2D eigenvalue weighted by atomic mass is 10.2. The molecular weight excluding hydrogens is 377 g/mol. The standard InChI is InChI=1S/C19H20FN7O2/c1-10-7-14(25-24-10)17-19-18(27-26-17)15(29-6-5-28)8-16(23-19)22-11(2)13-4-3-12(20)9-21-13/h3-4,7-9,11,28H,5-6H2,1-2H3,(H,22,23)(H,24,25)(H,26,27)/t11-/m0/s1. The maximum absolute atomic E-state index is 13.1. The van der Waals surface area contributed by atoms with Crippen LogP contribution >= 0.6 is 0 Å². The van der Waals surface area contributed by atoms with Crippen LogP contribution in [0.5, 0.6) is 5.75 Å². The van der Waals surface area contributed by atoms with Gasteiger partial charge in [-0.05, 0) is 32.0 Å². The van der Waals surface area contributed by atoms with Gasteiger partial charge in [0.15, 0.2) is 0 Å². The van der Waals surface area contributed by atoms with Crippen LogP contribution in [-0.2, 0) is 0 Å². The molecule has 0 saturated heterocycles. The minimum Gasteiger partial charge on any atom is -0.489 e. The number of hydrogen-bond donors (Lipinski definition) is 4. The summed E-state index contributed by atoms with van der Waals surface area (Å²) in [5.41, 5.74) is 3.98. The predicted molar refractivity (Wildman–Crippen MR) is 105 cm³/mol. The molecule has 0 bridgehead atoms. The second-order valence-electron chi connectivity index (χ2n) is 6.58. The molecule has 10 heteroatoms. The topological polar surface area (TPSA) is 125 Å². The molecule has 4 aromatic rings. The van der Waals surface area contributed by atoms with E-state index >= 15 is 0 Å². The van der Waals surface area contributed by atoms with Crippen LogP contribution in [0.2, 0.25) is 0 Å². The van der Waals surface area contributed by atoms with Crippen molar-refractivity contribution in [3.05, 3.63) is 47.7 Å². The summed E-state index contributed by atoms with van der Waals surface area (Å²) in [4.78, 5) is 8.77. The third kappa shape index (κ3) is 3.87. The van der Waals surface area contributed by atoms with Crippen molar-refractivity contribution in [2.45, 2.75) is 19.9 Å². The Balaban J connectivity index is 1.73. The molecule has 4 heterocycles. The highest BCUT2D eigenvalue weighted by molar-refractivity contribution is 5.93. The first-order chi connectivity index (χ1) is 14.0. The Morgan fingerprint density at radius 3 is 2.79 bits per heavy atom. The van der Waals surface area contributed by atoms with Gasteiger partial charge in [0.05, 0.1) is 24.5 Å². The molecule has 4 rings (SSSR count). The van der Waals surface area contributed by atoms with E-state index in [4.69, 9.17) is 9.84 Å². The summed E-state index contributed by atoms with van der Waals surface area (Å²) in [6.45, 7) is 3.80. The SMILES string of the molecule is Cc1cc(-c2n[nH]c3c(OCCO)cc(N[C@@H](C)c4ccc(F)cn4)nc23)n[nH]1. The van der Waals surface area contributed by atoms with Crippen molar-refractivity contribution >= 4 is 16.9 Å². The van der Waals surface area contributed by atoms with E-state index in [9.17, 15) is 4.39 Å². The van der Waals surface area contributed by atoms with Crippen molar-refractivity contribution in [2.75, 3.05) is 18.5 Å². The van der Waals surface area contributed by atoms with Crippen LogP contribution < -0.4 is 10.1 Å². The first-order valence-corrected chi connectivity index (χ1v) is 9.08. The van der Waals surface area contributed by atoms with Crippen LogP contribution in [0.25, 0.3) is 22.4 Å². The molecule has 4 aromatic heterocycles. The third-order valence-electron chi connectivity index (χ3n) is 4.34. The Hall–Kier alpha value is -3.53. The van der Waals surface area contributed by atoms with Crippen molar-refractivity contribution < 1.29 is 14.2 Å². The molecule has 1 atom stereocenters. The number of aromatic nitrogens is 6. The van der Waals surface area contributed by atoms with E-state index in [0.717, 1.165) is 5.69 Å². The summed E-state index contributed by atoms with van der Waals surface area (Å²) in [6.07, 6.45) is 1.17. The van der Waals surface area contributed by atoms with Crippen LogP contribution in [-0.4, -0.2) is 48.7 Å². The summed E-state index contributed by atoms with van der Waals surface area (Å²) in [7, 11) is 0. The maximum Gasteiger partial charge on any atom is 0.150 e. The number of rotatable bonds is 7. The number of ether oxygens (including phenoxy) is 1. The minimum atomic E-state index is -0.391. The zero-order chi connectivity index (χ0) is 20.4. The van der Waals surface area contributed by atoms with E-state index in [0.29, 0.717) is 39.7 Å². The quantitative estimate of drug-likeness (QED) is 0.378. The van der Waals surface area contributed by atoms with E-state index in [2.05, 4.69) is 35.7 Å². The monoisotopic (exact) mass is 397 g/mol. The molecule has 0 unspecified atom stereocenters. The predicted octanol–water partition coefficient (Wildman–Crippen LogP) is 2.73. The summed E-state index contributed by atoms with van der Waals surface area (Å²) in [5, 5.41) is 26.8. The Labute approximate surface area is 165 Å². The zero-order valence-corrected chi connectivity index (χ0v) is 15.9. The lowest BCUT2D eigenvalue weighted by Crippen LogP contribution is -2.10. The lowest BCUT2D eigenvalue weighted by molar-refractivity contribution is 0.202. The van der Waals surface area contributed by atoms with Crippen LogP contribution in [0.1, 0.15) is 24.4 Å². The number of aliphatic hydroxyl groups excluding tert-OH is 1. The van der Waals surface area contributed by atoms with Gasteiger partial charge >= 0.3 is 0 Å². The maximum atomic E-state index is 13.1. The first-order valence-electron chi connectivity index (χ1n) is 9.08. The van der Waals surface area contributed by atoms with Crippen LogP contribution in [0, 0.1) is 12.7 Å². The number of H-pyrrole nitrogens is 2. The Morgan fingerprint density at radius 2 is 2.10 bits per heavy atom. The molecule has 29 heavy (non-hydrogen) atoms. The Morgan fingerprint density at radius 1 is 1.24 bits per heavy atom. The number of halogens is 1. The average Bonchev–Trinajstić information content (AvgIpc) is 3.32. The zero-order valence-electron chi connectivity index (χ0n) is 15.9. The van der Waals surface area contributed by atoms with Gasteiger partial charge in [0.2, 0.25) is 0 Å². The number of aliphatic hydroxyl groups is 1. The molecule has 0 radical (unpaired) electrons. The lowest BCUT2D eigenvalue weighted by Gasteiger charge is -2.15. The molecule has 0 aliphatic rings. The normalized spacial score (nSPS) is 12.3. The van der Waals surface area contributed by atoms with E-state index in [1.165, 1.54) is 12.3 Å². The number of aryl methyl sites for hydroxylation is 1. The minimum absolute atomic E-state index is 0.123. The first kappa shape index (κ1) is 18.8. The van der Waals surface area contributed by atoms with Crippen LogP contribution in [0.15, 0.2) is 30.5 Å². The molecule has 0 fully saturated rings. The summed E-state index contributed by atoms with van der Waals surface area (Å²) >= 11 is 0. The number of pyridine rings is 2. The third-order valence-corrected chi connectivity index (χ3v) is 4.34. The number of aromatic amines is 2. The highest BCUT2D eigenvalue weighted by Gasteiger charge is 2.18. The van der Waals surface area contributed by atoms with Gasteiger partial charge in [-0.1, -0.05) is 0 Å². The molecule has 9 nitrogen and oxygen atoms in total. The van der Waals surface area contributed by atoms with Gasteiger partial charge in [-0.25, -0.2) is 9.37 Å². The smallest absolute Gasteiger partial charge is 0.150 e. The second kappa shape index (κ2) is 7.84. The fourth-order valence-corrected chi connectivity index (χ4v) is 2.97. The second-order valence-corrected chi connectivity index (χ2v) is 6.58. The van der Waals surface area contributed by atoms with Gasteiger partial charge in [0.25, 0.3) is 0 Å². The Kier molecular flexibility index (Phi) is 5.09. The van der Waals surface area contributed by atoms with Gasteiger partial charge in [0, 0.05) is 11.8 Å². The largest absolute Gasteiger partial charge is 0.489 e. The summed E-state index contributed by atoms with van der Waals surface area (Å²) in [6, 6.07) is 6.34. The number of anilines is 1. The molecule has 0 saturated carbocycles. The molecule has 150 valence electrons. The molecule has 0 aromatic carbocycles. The summed E-state index contributed by atoms with van der Waals surface area (Å²) in [5.74, 6) is 0.633. The van der Waals surface area contributed by atoms with Crippen molar-refractivity contribution in [2.24, 2.45) is 0 Å². The highest BCUT2D eigenvalue weighted by atomic mass is 19.1. The molecule has 0 aliphatic carbocycles. The fourth-order valence-electron chi connectivity index (χ4n) is 2.97. The fraction of sp³-hybridized carbons (Fsp3) is 0.263. The Bertz CT molecular complexity index is 1120. The van der Waals surface area contributed by atoms with Crippen molar-refractivity contribution in [1.29, 1.82) is 0 Å². The molecule has 0 spiro atoms. The molecule has 0 aliphatic heterocycles. The van der Waals surface area contributed by atoms with Crippen LogP contribution in [0.4, 0.5) is 10.2 Å². The van der Waals surface area contributed by atoms with Gasteiger partial charge in [-0.15, -0.1) is 0 Å². The van der Waals surface area contributed by atoms with E-state index in [1.807, 2.05) is 19.9 Å². The number of nitrogens with zero attached hydrogens (tertiary/aromatic N) is 4. The number of hydrogen-bond acceptors (Lipinski definition) is 7.